The summed E-state index contributed by atoms with van der Waals surface area (Å²) in [7, 11) is 1.72. The van der Waals surface area contributed by atoms with Gasteiger partial charge in [0.25, 0.3) is 0 Å². The number of piperidine rings is 1. The van der Waals surface area contributed by atoms with Crippen molar-refractivity contribution in [2.75, 3.05) is 26.7 Å². The Hall–Kier alpha value is -1.28. The third-order valence-electron chi connectivity index (χ3n) is 3.68. The molecule has 0 N–H and O–H groups in total. The molecule has 1 saturated heterocycles. The summed E-state index contributed by atoms with van der Waals surface area (Å²) in [6.45, 7) is 5.86. The third kappa shape index (κ3) is 3.61. The predicted octanol–water partition coefficient (Wildman–Crippen LogP) is 3.44. The Morgan fingerprint density at radius 2 is 2.00 bits per heavy atom. The first-order valence-electron chi connectivity index (χ1n) is 6.81. The topological polar surface area (TPSA) is 12.5 Å². The quantitative estimate of drug-likeness (QED) is 0.805. The largest absolute Gasteiger partial charge is 0.496 e. The van der Waals surface area contributed by atoms with Gasteiger partial charge >= 0.3 is 0 Å². The number of likely N-dealkylation sites (tertiary alicyclic amines) is 1. The predicted molar refractivity (Wildman–Crippen MR) is 76.9 cm³/mol. The van der Waals surface area contributed by atoms with Crippen LogP contribution in [-0.2, 0) is 0 Å². The van der Waals surface area contributed by atoms with Crippen LogP contribution in [0.4, 0.5) is 0 Å². The fraction of sp³-hybridized carbons (Fsp3) is 0.500. The SMILES string of the molecule is COc1ccccc1/C=C/CN1CCC(C)CC1. The van der Waals surface area contributed by atoms with Crippen LogP contribution in [-0.4, -0.2) is 31.6 Å². The highest BCUT2D eigenvalue weighted by Crippen LogP contribution is 2.19. The van der Waals surface area contributed by atoms with E-state index in [4.69, 9.17) is 4.74 Å². The maximum absolute atomic E-state index is 5.34. The van der Waals surface area contributed by atoms with Crippen molar-refractivity contribution in [2.24, 2.45) is 5.92 Å². The van der Waals surface area contributed by atoms with Crippen LogP contribution in [0.25, 0.3) is 6.08 Å². The Morgan fingerprint density at radius 3 is 2.72 bits per heavy atom. The molecule has 2 heteroatoms. The van der Waals surface area contributed by atoms with Crippen molar-refractivity contribution >= 4 is 6.08 Å². The monoisotopic (exact) mass is 245 g/mol. The lowest BCUT2D eigenvalue weighted by Crippen LogP contribution is -2.32. The van der Waals surface area contributed by atoms with Gasteiger partial charge in [-0.25, -0.2) is 0 Å². The minimum Gasteiger partial charge on any atom is -0.496 e. The zero-order valence-electron chi connectivity index (χ0n) is 11.4. The average molecular weight is 245 g/mol. The van der Waals surface area contributed by atoms with E-state index in [2.05, 4.69) is 30.0 Å². The van der Waals surface area contributed by atoms with E-state index in [0.29, 0.717) is 0 Å². The van der Waals surface area contributed by atoms with Crippen LogP contribution in [0.5, 0.6) is 5.75 Å². The first kappa shape index (κ1) is 13.2. The van der Waals surface area contributed by atoms with Crippen molar-refractivity contribution < 1.29 is 4.74 Å². The molecule has 0 aliphatic carbocycles. The summed E-state index contributed by atoms with van der Waals surface area (Å²) in [5, 5.41) is 0. The van der Waals surface area contributed by atoms with E-state index in [-0.39, 0.29) is 0 Å². The van der Waals surface area contributed by atoms with Gasteiger partial charge in [0.2, 0.25) is 0 Å². The van der Waals surface area contributed by atoms with Gasteiger partial charge in [-0.15, -0.1) is 0 Å². The van der Waals surface area contributed by atoms with Crippen LogP contribution < -0.4 is 4.74 Å². The van der Waals surface area contributed by atoms with Gasteiger partial charge in [0.15, 0.2) is 0 Å². The summed E-state index contributed by atoms with van der Waals surface area (Å²) in [5.41, 5.74) is 1.16. The van der Waals surface area contributed by atoms with E-state index < -0.39 is 0 Å². The lowest BCUT2D eigenvalue weighted by atomic mass is 9.99. The van der Waals surface area contributed by atoms with E-state index in [1.54, 1.807) is 7.11 Å². The van der Waals surface area contributed by atoms with E-state index in [1.807, 2.05) is 18.2 Å². The summed E-state index contributed by atoms with van der Waals surface area (Å²) in [6.07, 6.45) is 7.08. The molecule has 18 heavy (non-hydrogen) atoms. The molecule has 1 heterocycles. The van der Waals surface area contributed by atoms with E-state index in [9.17, 15) is 0 Å². The van der Waals surface area contributed by atoms with Gasteiger partial charge in [0, 0.05) is 12.1 Å². The number of hydrogen-bond donors (Lipinski definition) is 0. The van der Waals surface area contributed by atoms with Crippen LogP contribution in [0.3, 0.4) is 0 Å². The molecule has 0 saturated carbocycles. The van der Waals surface area contributed by atoms with Crippen molar-refractivity contribution in [3.8, 4) is 5.75 Å². The van der Waals surface area contributed by atoms with Crippen molar-refractivity contribution in [3.63, 3.8) is 0 Å². The molecular weight excluding hydrogens is 222 g/mol. The molecule has 98 valence electrons. The van der Waals surface area contributed by atoms with E-state index in [1.165, 1.54) is 25.9 Å². The van der Waals surface area contributed by atoms with Crippen LogP contribution in [0.1, 0.15) is 25.3 Å². The summed E-state index contributed by atoms with van der Waals surface area (Å²) in [4.78, 5) is 2.52. The number of para-hydroxylation sites is 1. The summed E-state index contributed by atoms with van der Waals surface area (Å²) < 4.78 is 5.34. The van der Waals surface area contributed by atoms with Crippen LogP contribution in [0, 0.1) is 5.92 Å². The Labute approximate surface area is 110 Å². The number of methoxy groups -OCH3 is 1. The molecule has 1 aliphatic heterocycles. The zero-order valence-corrected chi connectivity index (χ0v) is 11.4. The lowest BCUT2D eigenvalue weighted by molar-refractivity contribution is 0.210. The average Bonchev–Trinajstić information content (AvgIpc) is 2.41. The molecule has 0 radical (unpaired) electrons. The van der Waals surface area contributed by atoms with Gasteiger partial charge in [-0.3, -0.25) is 4.90 Å². The first-order chi connectivity index (χ1) is 8.79. The highest BCUT2D eigenvalue weighted by Gasteiger charge is 2.13. The molecule has 0 unspecified atom stereocenters. The Bertz CT molecular complexity index is 392. The number of nitrogens with zero attached hydrogens (tertiary/aromatic N) is 1. The normalized spacial score (nSPS) is 18.3. The summed E-state index contributed by atoms with van der Waals surface area (Å²) in [5.74, 6) is 1.85. The lowest BCUT2D eigenvalue weighted by Gasteiger charge is -2.29. The maximum atomic E-state index is 5.34. The summed E-state index contributed by atoms with van der Waals surface area (Å²) >= 11 is 0. The Morgan fingerprint density at radius 1 is 1.28 bits per heavy atom. The molecule has 1 aliphatic rings. The molecule has 1 aromatic rings. The van der Waals surface area contributed by atoms with Gasteiger partial charge < -0.3 is 4.74 Å². The molecule has 2 rings (SSSR count). The summed E-state index contributed by atoms with van der Waals surface area (Å²) in [6, 6.07) is 8.14. The molecule has 2 nitrogen and oxygen atoms in total. The van der Waals surface area contributed by atoms with Crippen molar-refractivity contribution in [1.29, 1.82) is 0 Å². The van der Waals surface area contributed by atoms with Crippen molar-refractivity contribution in [1.82, 2.24) is 4.90 Å². The second-order valence-corrected chi connectivity index (χ2v) is 5.13. The first-order valence-corrected chi connectivity index (χ1v) is 6.81. The standard InChI is InChI=1S/C16H23NO/c1-14-9-12-17(13-10-14)11-5-7-15-6-3-4-8-16(15)18-2/h3-8,14H,9-13H2,1-2H3/b7-5+. The molecule has 1 fully saturated rings. The van der Waals surface area contributed by atoms with E-state index in [0.717, 1.165) is 23.8 Å². The van der Waals surface area contributed by atoms with Crippen LogP contribution >= 0.6 is 0 Å². The number of hydrogen-bond acceptors (Lipinski definition) is 2. The fourth-order valence-electron chi connectivity index (χ4n) is 2.38. The molecular formula is C16H23NO. The Kier molecular flexibility index (Phi) is 4.82. The van der Waals surface area contributed by atoms with Gasteiger partial charge in [-0.1, -0.05) is 37.3 Å². The van der Waals surface area contributed by atoms with Crippen LogP contribution in [0.2, 0.25) is 0 Å². The second-order valence-electron chi connectivity index (χ2n) is 5.13. The minimum absolute atomic E-state index is 0.902. The highest BCUT2D eigenvalue weighted by molar-refractivity contribution is 5.57. The van der Waals surface area contributed by atoms with Gasteiger partial charge in [0.05, 0.1) is 7.11 Å². The molecule has 1 aromatic carbocycles. The number of rotatable bonds is 4. The third-order valence-corrected chi connectivity index (χ3v) is 3.68. The Balaban J connectivity index is 1.87. The molecule has 0 aromatic heterocycles. The molecule has 0 spiro atoms. The van der Waals surface area contributed by atoms with Gasteiger partial charge in [-0.05, 0) is 37.9 Å². The van der Waals surface area contributed by atoms with Gasteiger partial charge in [-0.2, -0.15) is 0 Å². The van der Waals surface area contributed by atoms with Crippen LogP contribution in [0.15, 0.2) is 30.3 Å². The number of benzene rings is 1. The van der Waals surface area contributed by atoms with Gasteiger partial charge in [0.1, 0.15) is 5.75 Å². The number of ether oxygens (including phenoxy) is 1. The van der Waals surface area contributed by atoms with E-state index >= 15 is 0 Å². The zero-order chi connectivity index (χ0) is 12.8. The van der Waals surface area contributed by atoms with Crippen molar-refractivity contribution in [2.45, 2.75) is 19.8 Å². The molecule has 0 amide bonds. The van der Waals surface area contributed by atoms with Crippen molar-refractivity contribution in [3.05, 3.63) is 35.9 Å². The highest BCUT2D eigenvalue weighted by atomic mass is 16.5. The second kappa shape index (κ2) is 6.60. The maximum Gasteiger partial charge on any atom is 0.126 e. The minimum atomic E-state index is 0.902. The fourth-order valence-corrected chi connectivity index (χ4v) is 2.38. The smallest absolute Gasteiger partial charge is 0.126 e. The molecule has 0 bridgehead atoms. The molecule has 0 atom stereocenters.